The van der Waals surface area contributed by atoms with Crippen molar-refractivity contribution in [2.75, 3.05) is 39.4 Å². The van der Waals surface area contributed by atoms with Crippen LogP contribution >= 0.6 is 0 Å². The summed E-state index contributed by atoms with van der Waals surface area (Å²) in [5, 5.41) is 3.79. The molecule has 2 aliphatic heterocycles. The third-order valence-corrected chi connectivity index (χ3v) is 5.91. The van der Waals surface area contributed by atoms with Crippen LogP contribution in [0.5, 0.6) is 0 Å². The standard InChI is InChI=1S/C19H37N3O/c1-19(2,3)20-16-4-6-17(7-5-16)21-10-12-22(13-11-21)18-8-14-23-15-9-18/h16-18,20H,4-15H2,1-3H3. The minimum absolute atomic E-state index is 0.257. The van der Waals surface area contributed by atoms with E-state index in [4.69, 9.17) is 4.74 Å². The molecule has 4 heteroatoms. The highest BCUT2D eigenvalue weighted by atomic mass is 16.5. The van der Waals surface area contributed by atoms with Gasteiger partial charge in [0.2, 0.25) is 0 Å². The van der Waals surface area contributed by atoms with Crippen LogP contribution in [-0.2, 0) is 4.74 Å². The smallest absolute Gasteiger partial charge is 0.0480 e. The number of piperazine rings is 1. The zero-order valence-corrected chi connectivity index (χ0v) is 15.5. The molecule has 3 aliphatic rings. The minimum atomic E-state index is 0.257. The van der Waals surface area contributed by atoms with E-state index in [1.165, 1.54) is 64.7 Å². The summed E-state index contributed by atoms with van der Waals surface area (Å²) in [6, 6.07) is 2.36. The van der Waals surface area contributed by atoms with E-state index >= 15 is 0 Å². The first kappa shape index (κ1) is 17.7. The van der Waals surface area contributed by atoms with Gasteiger partial charge in [0.25, 0.3) is 0 Å². The first-order chi connectivity index (χ1) is 11.0. The average molecular weight is 324 g/mol. The lowest BCUT2D eigenvalue weighted by Gasteiger charge is -2.45. The molecule has 1 N–H and O–H groups in total. The van der Waals surface area contributed by atoms with Crippen molar-refractivity contribution in [1.82, 2.24) is 15.1 Å². The molecule has 3 fully saturated rings. The van der Waals surface area contributed by atoms with Crippen molar-refractivity contribution >= 4 is 0 Å². The van der Waals surface area contributed by atoms with Crippen LogP contribution in [-0.4, -0.2) is 72.9 Å². The zero-order chi connectivity index (χ0) is 16.3. The van der Waals surface area contributed by atoms with Crippen LogP contribution in [0.4, 0.5) is 0 Å². The third-order valence-electron chi connectivity index (χ3n) is 5.91. The van der Waals surface area contributed by atoms with Gasteiger partial charge in [-0.3, -0.25) is 9.80 Å². The van der Waals surface area contributed by atoms with Crippen LogP contribution in [0, 0.1) is 0 Å². The Morgan fingerprint density at radius 1 is 0.739 bits per heavy atom. The molecule has 0 amide bonds. The summed E-state index contributed by atoms with van der Waals surface area (Å²) in [5.74, 6) is 0. The highest BCUT2D eigenvalue weighted by molar-refractivity contribution is 4.89. The fourth-order valence-corrected chi connectivity index (χ4v) is 4.72. The molecule has 0 aromatic carbocycles. The third kappa shape index (κ3) is 5.15. The summed E-state index contributed by atoms with van der Waals surface area (Å²) in [6.45, 7) is 13.9. The summed E-state index contributed by atoms with van der Waals surface area (Å²) in [7, 11) is 0. The van der Waals surface area contributed by atoms with E-state index in [-0.39, 0.29) is 5.54 Å². The Hall–Kier alpha value is -0.160. The minimum Gasteiger partial charge on any atom is -0.381 e. The molecule has 2 saturated heterocycles. The molecule has 134 valence electrons. The SMILES string of the molecule is CC(C)(C)NC1CCC(N2CCN(C3CCOCC3)CC2)CC1. The van der Waals surface area contributed by atoms with E-state index in [1.807, 2.05) is 0 Å². The molecule has 1 saturated carbocycles. The summed E-state index contributed by atoms with van der Waals surface area (Å²) in [6.07, 6.45) is 7.94. The number of nitrogens with one attached hydrogen (secondary N) is 1. The molecule has 0 unspecified atom stereocenters. The molecular formula is C19H37N3O. The molecule has 0 spiro atoms. The second kappa shape index (κ2) is 7.81. The summed E-state index contributed by atoms with van der Waals surface area (Å²) in [4.78, 5) is 5.51. The Morgan fingerprint density at radius 2 is 1.22 bits per heavy atom. The van der Waals surface area contributed by atoms with Crippen LogP contribution in [0.15, 0.2) is 0 Å². The number of nitrogens with zero attached hydrogens (tertiary/aromatic N) is 2. The predicted octanol–water partition coefficient (Wildman–Crippen LogP) is 2.48. The number of hydrogen-bond donors (Lipinski definition) is 1. The van der Waals surface area contributed by atoms with Gasteiger partial charge in [-0.2, -0.15) is 0 Å². The normalized spacial score (nSPS) is 33.0. The van der Waals surface area contributed by atoms with Crippen molar-refractivity contribution in [1.29, 1.82) is 0 Å². The fourth-order valence-electron chi connectivity index (χ4n) is 4.72. The van der Waals surface area contributed by atoms with E-state index in [2.05, 4.69) is 35.9 Å². The van der Waals surface area contributed by atoms with Crippen molar-refractivity contribution in [2.24, 2.45) is 0 Å². The molecule has 0 radical (unpaired) electrons. The van der Waals surface area contributed by atoms with E-state index in [1.54, 1.807) is 0 Å². The van der Waals surface area contributed by atoms with Crippen LogP contribution in [0.25, 0.3) is 0 Å². The Balaban J connectivity index is 1.39. The molecular weight excluding hydrogens is 286 g/mol. The van der Waals surface area contributed by atoms with E-state index in [9.17, 15) is 0 Å². The summed E-state index contributed by atoms with van der Waals surface area (Å²) in [5.41, 5.74) is 0.257. The second-order valence-corrected chi connectivity index (χ2v) is 8.82. The van der Waals surface area contributed by atoms with Crippen LogP contribution in [0.2, 0.25) is 0 Å². The molecule has 23 heavy (non-hydrogen) atoms. The quantitative estimate of drug-likeness (QED) is 0.863. The average Bonchev–Trinajstić information content (AvgIpc) is 2.55. The lowest BCUT2D eigenvalue weighted by atomic mass is 9.88. The van der Waals surface area contributed by atoms with Crippen LogP contribution in [0.3, 0.4) is 0 Å². The molecule has 0 bridgehead atoms. The lowest BCUT2D eigenvalue weighted by Crippen LogP contribution is -2.55. The molecule has 0 aromatic rings. The topological polar surface area (TPSA) is 27.7 Å². The van der Waals surface area contributed by atoms with Gasteiger partial charge in [0.15, 0.2) is 0 Å². The Morgan fingerprint density at radius 3 is 1.70 bits per heavy atom. The summed E-state index contributed by atoms with van der Waals surface area (Å²) >= 11 is 0. The maximum atomic E-state index is 5.51. The largest absolute Gasteiger partial charge is 0.381 e. The van der Waals surface area contributed by atoms with Gasteiger partial charge in [0, 0.05) is 63.1 Å². The predicted molar refractivity (Wildman–Crippen MR) is 95.9 cm³/mol. The van der Waals surface area contributed by atoms with Gasteiger partial charge in [0.1, 0.15) is 0 Å². The van der Waals surface area contributed by atoms with Gasteiger partial charge in [-0.1, -0.05) is 0 Å². The van der Waals surface area contributed by atoms with Crippen molar-refractivity contribution in [3.8, 4) is 0 Å². The lowest BCUT2D eigenvalue weighted by molar-refractivity contribution is 0.00178. The molecule has 2 heterocycles. The Labute approximate surface area is 142 Å². The number of rotatable bonds is 3. The van der Waals surface area contributed by atoms with Crippen molar-refractivity contribution in [2.45, 2.75) is 83.0 Å². The Kier molecular flexibility index (Phi) is 6.00. The number of hydrogen-bond acceptors (Lipinski definition) is 4. The summed E-state index contributed by atoms with van der Waals surface area (Å²) < 4.78 is 5.51. The van der Waals surface area contributed by atoms with Crippen molar-refractivity contribution in [3.63, 3.8) is 0 Å². The van der Waals surface area contributed by atoms with E-state index in [0.717, 1.165) is 31.3 Å². The molecule has 0 aromatic heterocycles. The highest BCUT2D eigenvalue weighted by Crippen LogP contribution is 2.26. The van der Waals surface area contributed by atoms with Gasteiger partial charge in [-0.15, -0.1) is 0 Å². The molecule has 3 rings (SSSR count). The fraction of sp³-hybridized carbons (Fsp3) is 1.00. The highest BCUT2D eigenvalue weighted by Gasteiger charge is 2.31. The van der Waals surface area contributed by atoms with Gasteiger partial charge >= 0.3 is 0 Å². The molecule has 1 aliphatic carbocycles. The monoisotopic (exact) mass is 323 g/mol. The first-order valence-electron chi connectivity index (χ1n) is 9.85. The maximum Gasteiger partial charge on any atom is 0.0480 e. The Bertz CT molecular complexity index is 346. The molecule has 0 atom stereocenters. The van der Waals surface area contributed by atoms with Crippen molar-refractivity contribution in [3.05, 3.63) is 0 Å². The van der Waals surface area contributed by atoms with Crippen LogP contribution < -0.4 is 5.32 Å². The van der Waals surface area contributed by atoms with Gasteiger partial charge < -0.3 is 10.1 Å². The number of ether oxygens (including phenoxy) is 1. The maximum absolute atomic E-state index is 5.51. The van der Waals surface area contributed by atoms with Crippen LogP contribution in [0.1, 0.15) is 59.3 Å². The van der Waals surface area contributed by atoms with Gasteiger partial charge in [0.05, 0.1) is 0 Å². The second-order valence-electron chi connectivity index (χ2n) is 8.82. The van der Waals surface area contributed by atoms with E-state index < -0.39 is 0 Å². The first-order valence-corrected chi connectivity index (χ1v) is 9.85. The van der Waals surface area contributed by atoms with E-state index in [0.29, 0.717) is 0 Å². The zero-order valence-electron chi connectivity index (χ0n) is 15.5. The van der Waals surface area contributed by atoms with Gasteiger partial charge in [-0.05, 0) is 59.3 Å². The van der Waals surface area contributed by atoms with Gasteiger partial charge in [-0.25, -0.2) is 0 Å². The van der Waals surface area contributed by atoms with Crippen molar-refractivity contribution < 1.29 is 4.74 Å². The molecule has 4 nitrogen and oxygen atoms in total.